The molecular formula is C13H18N2. The Labute approximate surface area is 92.0 Å². The minimum Gasteiger partial charge on any atom is -0.305 e. The largest absolute Gasteiger partial charge is 0.305 e. The van der Waals surface area contributed by atoms with Crippen molar-refractivity contribution in [2.45, 2.75) is 6.54 Å². The molecule has 1 aromatic rings. The van der Waals surface area contributed by atoms with Crippen molar-refractivity contribution in [3.63, 3.8) is 0 Å². The predicted octanol–water partition coefficient (Wildman–Crippen LogP) is 2.35. The van der Waals surface area contributed by atoms with Gasteiger partial charge in [-0.2, -0.15) is 0 Å². The quantitative estimate of drug-likeness (QED) is 0.684. The van der Waals surface area contributed by atoms with Crippen molar-refractivity contribution in [3.05, 3.63) is 48.0 Å². The van der Waals surface area contributed by atoms with Crippen molar-refractivity contribution in [3.8, 4) is 0 Å². The molecule has 0 saturated heterocycles. The predicted molar refractivity (Wildman–Crippen MR) is 66.5 cm³/mol. The lowest BCUT2D eigenvalue weighted by molar-refractivity contribution is 0.402. The molecule has 0 N–H and O–H groups in total. The van der Waals surface area contributed by atoms with Crippen LogP contribution in [0.25, 0.3) is 0 Å². The van der Waals surface area contributed by atoms with Crippen LogP contribution < -0.4 is 0 Å². The Kier molecular flexibility index (Phi) is 4.25. The first-order valence-corrected chi connectivity index (χ1v) is 5.00. The normalized spacial score (nSPS) is 11.9. The molecule has 0 unspecified atom stereocenters. The smallest absolute Gasteiger partial charge is 0.0637 e. The van der Waals surface area contributed by atoms with E-state index in [-0.39, 0.29) is 0 Å². The van der Waals surface area contributed by atoms with Gasteiger partial charge in [0.2, 0.25) is 0 Å². The van der Waals surface area contributed by atoms with E-state index in [1.165, 1.54) is 5.56 Å². The fourth-order valence-electron chi connectivity index (χ4n) is 1.48. The first kappa shape index (κ1) is 11.7. The van der Waals surface area contributed by atoms with Crippen molar-refractivity contribution in [2.75, 3.05) is 21.1 Å². The third kappa shape index (κ3) is 3.33. The van der Waals surface area contributed by atoms with E-state index in [0.717, 1.165) is 17.8 Å². The summed E-state index contributed by atoms with van der Waals surface area (Å²) in [4.78, 5) is 6.31. The molecule has 0 amide bonds. The van der Waals surface area contributed by atoms with E-state index >= 15 is 0 Å². The van der Waals surface area contributed by atoms with Crippen molar-refractivity contribution in [1.82, 2.24) is 4.90 Å². The highest BCUT2D eigenvalue weighted by atomic mass is 15.0. The molecule has 0 spiro atoms. The molecule has 0 aliphatic rings. The van der Waals surface area contributed by atoms with Gasteiger partial charge in [0.1, 0.15) is 0 Å². The Balaban J connectivity index is 2.85. The molecule has 0 aliphatic carbocycles. The number of hydrogen-bond donors (Lipinski definition) is 0. The SMILES string of the molecule is C=CC(=NC)c1ccc(CN(C)C)cc1. The second-order valence-electron chi connectivity index (χ2n) is 3.75. The zero-order valence-electron chi connectivity index (χ0n) is 9.70. The van der Waals surface area contributed by atoms with E-state index in [4.69, 9.17) is 0 Å². The molecule has 80 valence electrons. The molecule has 0 fully saturated rings. The molecule has 0 saturated carbocycles. The second kappa shape index (κ2) is 5.47. The molecule has 0 aliphatic heterocycles. The van der Waals surface area contributed by atoms with E-state index in [0.29, 0.717) is 0 Å². The first-order valence-electron chi connectivity index (χ1n) is 5.00. The molecule has 0 heterocycles. The van der Waals surface area contributed by atoms with E-state index in [2.05, 4.69) is 54.8 Å². The molecule has 0 bridgehead atoms. The fraction of sp³-hybridized carbons (Fsp3) is 0.308. The van der Waals surface area contributed by atoms with Crippen LogP contribution in [0.1, 0.15) is 11.1 Å². The average molecular weight is 202 g/mol. The van der Waals surface area contributed by atoms with Gasteiger partial charge in [-0.1, -0.05) is 30.8 Å². The number of hydrogen-bond acceptors (Lipinski definition) is 2. The topological polar surface area (TPSA) is 15.6 Å². The maximum atomic E-state index is 4.16. The standard InChI is InChI=1S/C13H18N2/c1-5-13(14-2)12-8-6-11(7-9-12)10-15(3)4/h5-9H,1,10H2,2-4H3. The van der Waals surface area contributed by atoms with E-state index in [1.807, 2.05) is 0 Å². The lowest BCUT2D eigenvalue weighted by atomic mass is 10.1. The summed E-state index contributed by atoms with van der Waals surface area (Å²) >= 11 is 0. The van der Waals surface area contributed by atoms with E-state index in [9.17, 15) is 0 Å². The van der Waals surface area contributed by atoms with Crippen molar-refractivity contribution in [1.29, 1.82) is 0 Å². The molecule has 15 heavy (non-hydrogen) atoms. The summed E-state index contributed by atoms with van der Waals surface area (Å²) in [5.74, 6) is 0. The zero-order valence-corrected chi connectivity index (χ0v) is 9.70. The summed E-state index contributed by atoms with van der Waals surface area (Å²) < 4.78 is 0. The molecule has 1 rings (SSSR count). The van der Waals surface area contributed by atoms with Gasteiger partial charge in [-0.3, -0.25) is 4.99 Å². The summed E-state index contributed by atoms with van der Waals surface area (Å²) in [6.45, 7) is 4.71. The van der Waals surface area contributed by atoms with Crippen molar-refractivity contribution in [2.24, 2.45) is 4.99 Å². The highest BCUT2D eigenvalue weighted by molar-refractivity contribution is 6.08. The van der Waals surface area contributed by atoms with Gasteiger partial charge in [-0.15, -0.1) is 0 Å². The molecule has 2 heteroatoms. The molecular weight excluding hydrogens is 184 g/mol. The Morgan fingerprint density at radius 3 is 2.33 bits per heavy atom. The highest BCUT2D eigenvalue weighted by Gasteiger charge is 1.99. The van der Waals surface area contributed by atoms with Gasteiger partial charge in [0.05, 0.1) is 5.71 Å². The average Bonchev–Trinajstić information content (AvgIpc) is 2.21. The molecule has 0 atom stereocenters. The molecule has 0 aromatic heterocycles. The summed E-state index contributed by atoms with van der Waals surface area (Å²) in [7, 11) is 5.91. The van der Waals surface area contributed by atoms with Crippen LogP contribution in [0.2, 0.25) is 0 Å². The minimum absolute atomic E-state index is 0.936. The van der Waals surface area contributed by atoms with Gasteiger partial charge >= 0.3 is 0 Å². The molecule has 1 aromatic carbocycles. The Morgan fingerprint density at radius 2 is 1.93 bits per heavy atom. The summed E-state index contributed by atoms with van der Waals surface area (Å²) in [5, 5.41) is 0. The minimum atomic E-state index is 0.936. The van der Waals surface area contributed by atoms with Crippen LogP contribution in [0.4, 0.5) is 0 Å². The van der Waals surface area contributed by atoms with Crippen LogP contribution in [0.5, 0.6) is 0 Å². The van der Waals surface area contributed by atoms with Gasteiger partial charge in [0, 0.05) is 13.6 Å². The highest BCUT2D eigenvalue weighted by Crippen LogP contribution is 2.07. The number of nitrogens with zero attached hydrogens (tertiary/aromatic N) is 2. The lowest BCUT2D eigenvalue weighted by Gasteiger charge is -2.09. The van der Waals surface area contributed by atoms with Crippen LogP contribution in [0.3, 0.4) is 0 Å². The lowest BCUT2D eigenvalue weighted by Crippen LogP contribution is -2.10. The van der Waals surface area contributed by atoms with Crippen LogP contribution in [-0.2, 0) is 6.54 Å². The number of rotatable bonds is 4. The second-order valence-corrected chi connectivity index (χ2v) is 3.75. The van der Waals surface area contributed by atoms with Gasteiger partial charge in [-0.05, 0) is 31.3 Å². The summed E-state index contributed by atoms with van der Waals surface area (Å²) in [5.41, 5.74) is 3.37. The van der Waals surface area contributed by atoms with Gasteiger partial charge in [-0.25, -0.2) is 0 Å². The van der Waals surface area contributed by atoms with Crippen LogP contribution in [0, 0.1) is 0 Å². The Bertz CT molecular complexity index is 347. The van der Waals surface area contributed by atoms with Crippen LogP contribution >= 0.6 is 0 Å². The fourth-order valence-corrected chi connectivity index (χ4v) is 1.48. The maximum Gasteiger partial charge on any atom is 0.0637 e. The summed E-state index contributed by atoms with van der Waals surface area (Å²) in [6.07, 6.45) is 1.78. The molecule has 2 nitrogen and oxygen atoms in total. The van der Waals surface area contributed by atoms with E-state index < -0.39 is 0 Å². The number of allylic oxidation sites excluding steroid dienone is 1. The third-order valence-electron chi connectivity index (χ3n) is 2.18. The van der Waals surface area contributed by atoms with Crippen molar-refractivity contribution < 1.29 is 0 Å². The van der Waals surface area contributed by atoms with Gasteiger partial charge in [0.15, 0.2) is 0 Å². The van der Waals surface area contributed by atoms with Gasteiger partial charge in [0.25, 0.3) is 0 Å². The van der Waals surface area contributed by atoms with Gasteiger partial charge < -0.3 is 4.90 Å². The molecule has 0 radical (unpaired) electrons. The number of aliphatic imine (C=N–C) groups is 1. The number of benzene rings is 1. The van der Waals surface area contributed by atoms with Crippen molar-refractivity contribution >= 4 is 5.71 Å². The van der Waals surface area contributed by atoms with E-state index in [1.54, 1.807) is 13.1 Å². The Morgan fingerprint density at radius 1 is 1.33 bits per heavy atom. The maximum absolute atomic E-state index is 4.16. The zero-order chi connectivity index (χ0) is 11.3. The monoisotopic (exact) mass is 202 g/mol. The third-order valence-corrected chi connectivity index (χ3v) is 2.18. The summed E-state index contributed by atoms with van der Waals surface area (Å²) in [6, 6.07) is 8.43. The first-order chi connectivity index (χ1) is 7.17. The van der Waals surface area contributed by atoms with Crippen LogP contribution in [0.15, 0.2) is 41.9 Å². The Hall–Kier alpha value is -1.41. The van der Waals surface area contributed by atoms with Crippen LogP contribution in [-0.4, -0.2) is 31.8 Å².